The Hall–Kier alpha value is -3.59. The lowest BCUT2D eigenvalue weighted by atomic mass is 10.0. The van der Waals surface area contributed by atoms with Gasteiger partial charge in [-0.3, -0.25) is 0 Å². The van der Waals surface area contributed by atoms with Crippen LogP contribution in [-0.4, -0.2) is 9.13 Å². The van der Waals surface area contributed by atoms with Crippen molar-refractivity contribution in [2.24, 2.45) is 0 Å². The molecule has 0 spiro atoms. The first-order valence-corrected chi connectivity index (χ1v) is 10.4. The summed E-state index contributed by atoms with van der Waals surface area (Å²) in [6.45, 7) is 1.70. The molecule has 5 aromatic rings. The SMILES string of the molecule is Fc1ccc(Cn2c3c(c4ccccc42)CCn2c(-c4ccccc4)ccc2-3)cc1. The summed E-state index contributed by atoms with van der Waals surface area (Å²) in [6, 6.07) is 30.6. The smallest absolute Gasteiger partial charge is 0.123 e. The summed E-state index contributed by atoms with van der Waals surface area (Å²) in [6.07, 6.45) is 1.01. The Morgan fingerprint density at radius 2 is 1.47 bits per heavy atom. The number of aromatic nitrogens is 2. The van der Waals surface area contributed by atoms with E-state index in [1.807, 2.05) is 12.1 Å². The summed E-state index contributed by atoms with van der Waals surface area (Å²) in [5.74, 6) is -0.195. The summed E-state index contributed by atoms with van der Waals surface area (Å²) < 4.78 is 18.3. The van der Waals surface area contributed by atoms with Gasteiger partial charge in [-0.15, -0.1) is 0 Å². The molecular formula is C27H21FN2. The first kappa shape index (κ1) is 17.3. The van der Waals surface area contributed by atoms with Gasteiger partial charge in [0.15, 0.2) is 0 Å². The molecule has 0 unspecified atom stereocenters. The lowest BCUT2D eigenvalue weighted by Crippen LogP contribution is -2.14. The van der Waals surface area contributed by atoms with Crippen molar-refractivity contribution in [2.75, 3.05) is 0 Å². The molecule has 2 nitrogen and oxygen atoms in total. The van der Waals surface area contributed by atoms with Crippen molar-refractivity contribution in [3.8, 4) is 22.6 Å². The third-order valence-corrected chi connectivity index (χ3v) is 6.21. The normalized spacial score (nSPS) is 12.7. The number of para-hydroxylation sites is 1. The van der Waals surface area contributed by atoms with Crippen LogP contribution in [0, 0.1) is 5.82 Å². The summed E-state index contributed by atoms with van der Waals surface area (Å²) in [5, 5.41) is 1.32. The van der Waals surface area contributed by atoms with Crippen molar-refractivity contribution in [2.45, 2.75) is 19.5 Å². The Morgan fingerprint density at radius 3 is 2.30 bits per heavy atom. The van der Waals surface area contributed by atoms with Gasteiger partial charge in [0.25, 0.3) is 0 Å². The molecule has 3 heterocycles. The van der Waals surface area contributed by atoms with E-state index < -0.39 is 0 Å². The molecule has 2 aromatic heterocycles. The fraction of sp³-hybridized carbons (Fsp3) is 0.111. The minimum atomic E-state index is -0.195. The van der Waals surface area contributed by atoms with Gasteiger partial charge in [0, 0.05) is 29.7 Å². The average Bonchev–Trinajstić information content (AvgIpc) is 3.36. The number of nitrogens with zero attached hydrogens (tertiary/aromatic N) is 2. The first-order chi connectivity index (χ1) is 14.8. The van der Waals surface area contributed by atoms with Crippen molar-refractivity contribution >= 4 is 10.9 Å². The van der Waals surface area contributed by atoms with Gasteiger partial charge in [0.05, 0.1) is 11.4 Å². The van der Waals surface area contributed by atoms with Crippen LogP contribution in [0.4, 0.5) is 4.39 Å². The van der Waals surface area contributed by atoms with Crippen LogP contribution in [0.3, 0.4) is 0 Å². The predicted octanol–water partition coefficient (Wildman–Crippen LogP) is 6.52. The molecule has 0 aliphatic carbocycles. The van der Waals surface area contributed by atoms with E-state index in [2.05, 4.69) is 75.9 Å². The third kappa shape index (κ3) is 2.62. The second kappa shape index (κ2) is 6.74. The Labute approximate surface area is 174 Å². The molecule has 30 heavy (non-hydrogen) atoms. The Balaban J connectivity index is 1.56. The van der Waals surface area contributed by atoms with E-state index in [9.17, 15) is 4.39 Å². The second-order valence-corrected chi connectivity index (χ2v) is 7.93. The van der Waals surface area contributed by atoms with Crippen molar-refractivity contribution in [3.05, 3.63) is 108 Å². The van der Waals surface area contributed by atoms with Gasteiger partial charge in [0.1, 0.15) is 5.82 Å². The Bertz CT molecular complexity index is 1360. The molecule has 6 rings (SSSR count). The standard InChI is InChI=1S/C27H21FN2/c28-21-12-10-19(11-13-21)18-30-25-9-5-4-8-22(25)23-16-17-29-24(14-15-26(29)27(23)30)20-6-2-1-3-7-20/h1-15H,16-18H2. The van der Waals surface area contributed by atoms with E-state index in [0.717, 1.165) is 25.1 Å². The van der Waals surface area contributed by atoms with Crippen LogP contribution in [-0.2, 0) is 19.5 Å². The molecule has 0 saturated carbocycles. The summed E-state index contributed by atoms with van der Waals surface area (Å²) in [5.41, 5.74) is 8.80. The van der Waals surface area contributed by atoms with E-state index in [4.69, 9.17) is 0 Å². The topological polar surface area (TPSA) is 9.86 Å². The predicted molar refractivity (Wildman–Crippen MR) is 120 cm³/mol. The van der Waals surface area contributed by atoms with E-state index >= 15 is 0 Å². The van der Waals surface area contributed by atoms with E-state index in [0.29, 0.717) is 0 Å². The van der Waals surface area contributed by atoms with Crippen LogP contribution in [0.15, 0.2) is 91.0 Å². The zero-order chi connectivity index (χ0) is 20.1. The highest BCUT2D eigenvalue weighted by molar-refractivity contribution is 5.92. The molecule has 0 radical (unpaired) electrons. The molecule has 146 valence electrons. The van der Waals surface area contributed by atoms with E-state index in [1.165, 1.54) is 39.1 Å². The Kier molecular flexibility index (Phi) is 3.88. The fourth-order valence-corrected chi connectivity index (χ4v) is 4.86. The second-order valence-electron chi connectivity index (χ2n) is 7.93. The van der Waals surface area contributed by atoms with Gasteiger partial charge in [-0.05, 0) is 53.4 Å². The highest BCUT2D eigenvalue weighted by atomic mass is 19.1. The monoisotopic (exact) mass is 392 g/mol. The fourth-order valence-electron chi connectivity index (χ4n) is 4.86. The summed E-state index contributed by atoms with van der Waals surface area (Å²) in [4.78, 5) is 0. The van der Waals surface area contributed by atoms with Gasteiger partial charge in [-0.1, -0.05) is 60.7 Å². The molecular weight excluding hydrogens is 371 g/mol. The van der Waals surface area contributed by atoms with Gasteiger partial charge < -0.3 is 9.13 Å². The van der Waals surface area contributed by atoms with Crippen LogP contribution in [0.2, 0.25) is 0 Å². The molecule has 1 aliphatic rings. The highest BCUT2D eigenvalue weighted by Gasteiger charge is 2.26. The molecule has 0 atom stereocenters. The zero-order valence-electron chi connectivity index (χ0n) is 16.6. The number of aryl methyl sites for hydroxylation is 1. The van der Waals surface area contributed by atoms with Crippen molar-refractivity contribution < 1.29 is 4.39 Å². The number of fused-ring (bicyclic) bond motifs is 5. The van der Waals surface area contributed by atoms with E-state index in [1.54, 1.807) is 12.1 Å². The molecule has 0 bridgehead atoms. The van der Waals surface area contributed by atoms with Gasteiger partial charge in [-0.25, -0.2) is 4.39 Å². The Morgan fingerprint density at radius 1 is 0.733 bits per heavy atom. The summed E-state index contributed by atoms with van der Waals surface area (Å²) >= 11 is 0. The van der Waals surface area contributed by atoms with Crippen LogP contribution in [0.1, 0.15) is 11.1 Å². The van der Waals surface area contributed by atoms with Gasteiger partial charge >= 0.3 is 0 Å². The average molecular weight is 392 g/mol. The molecule has 0 fully saturated rings. The third-order valence-electron chi connectivity index (χ3n) is 6.21. The number of hydrogen-bond donors (Lipinski definition) is 0. The highest BCUT2D eigenvalue weighted by Crippen LogP contribution is 2.40. The minimum Gasteiger partial charge on any atom is -0.339 e. The first-order valence-electron chi connectivity index (χ1n) is 10.4. The van der Waals surface area contributed by atoms with Crippen molar-refractivity contribution in [3.63, 3.8) is 0 Å². The molecule has 0 amide bonds. The quantitative estimate of drug-likeness (QED) is 0.331. The molecule has 3 heteroatoms. The zero-order valence-corrected chi connectivity index (χ0v) is 16.6. The largest absolute Gasteiger partial charge is 0.339 e. The molecule has 0 N–H and O–H groups in total. The molecule has 3 aromatic carbocycles. The summed E-state index contributed by atoms with van der Waals surface area (Å²) in [7, 11) is 0. The lowest BCUT2D eigenvalue weighted by molar-refractivity contribution is 0.626. The number of halogens is 1. The molecule has 0 saturated heterocycles. The van der Waals surface area contributed by atoms with Crippen LogP contribution in [0.5, 0.6) is 0 Å². The van der Waals surface area contributed by atoms with Gasteiger partial charge in [-0.2, -0.15) is 0 Å². The maximum Gasteiger partial charge on any atom is 0.123 e. The lowest BCUT2D eigenvalue weighted by Gasteiger charge is -2.22. The molecule has 1 aliphatic heterocycles. The van der Waals surface area contributed by atoms with Crippen molar-refractivity contribution in [1.29, 1.82) is 0 Å². The number of benzene rings is 3. The van der Waals surface area contributed by atoms with Crippen LogP contribution < -0.4 is 0 Å². The van der Waals surface area contributed by atoms with Crippen molar-refractivity contribution in [1.82, 2.24) is 9.13 Å². The van der Waals surface area contributed by atoms with Crippen LogP contribution >= 0.6 is 0 Å². The van der Waals surface area contributed by atoms with E-state index in [-0.39, 0.29) is 5.82 Å². The minimum absolute atomic E-state index is 0.195. The number of rotatable bonds is 3. The van der Waals surface area contributed by atoms with Gasteiger partial charge in [0.2, 0.25) is 0 Å². The maximum absolute atomic E-state index is 13.4. The maximum atomic E-state index is 13.4. The number of hydrogen-bond acceptors (Lipinski definition) is 0. The van der Waals surface area contributed by atoms with Crippen LogP contribution in [0.25, 0.3) is 33.5 Å².